The van der Waals surface area contributed by atoms with Gasteiger partial charge in [0.2, 0.25) is 0 Å². The molecule has 0 saturated heterocycles. The second-order valence-corrected chi connectivity index (χ2v) is 31.9. The molecule has 102 heavy (non-hydrogen) atoms. The molecule has 18 aromatic rings. The van der Waals surface area contributed by atoms with Crippen LogP contribution in [0.4, 0.5) is 34.1 Å². The highest BCUT2D eigenvalue weighted by Crippen LogP contribution is 2.61. The molecule has 2 aromatic heterocycles. The van der Waals surface area contributed by atoms with Crippen molar-refractivity contribution in [3.63, 3.8) is 0 Å². The zero-order valence-corrected chi connectivity index (χ0v) is 57.7. The number of anilines is 6. The zero-order chi connectivity index (χ0) is 67.5. The first-order chi connectivity index (χ1) is 50.5. The molecule has 4 nitrogen and oxygen atoms in total. The van der Waals surface area contributed by atoms with E-state index >= 15 is 0 Å². The fourth-order valence-electron chi connectivity index (χ4n) is 18.1. The van der Waals surface area contributed by atoms with Crippen LogP contribution in [0.3, 0.4) is 0 Å². The van der Waals surface area contributed by atoms with Gasteiger partial charge in [0.15, 0.2) is 19.2 Å². The van der Waals surface area contributed by atoms with Crippen molar-refractivity contribution in [2.24, 2.45) is 0 Å². The van der Waals surface area contributed by atoms with Crippen LogP contribution in [-0.2, 0) is 5.41 Å². The molecule has 2 aliphatic carbocycles. The number of para-hydroxylation sites is 4. The summed E-state index contributed by atoms with van der Waals surface area (Å²) in [4.78, 5) is 5.05. The molecule has 1 saturated carbocycles. The number of fused-ring (bicyclic) bond motifs is 15. The van der Waals surface area contributed by atoms with Gasteiger partial charge in [-0.2, -0.15) is 0 Å². The standard InChI is InChI=1S/C97H70N2O2Si/c1-64-50-52-67(53-51-64)76-40-22-43-81-83-45-25-49-90(96(83)101-93(76)81)99(88-47-21-29-66-27-13-15-37-75(66)88)91-63-86-92(79-39-17-16-38-78(79)91)84-59-56-69(62-85(84)97(86)60-18-5-19-61-97)98(87-46-20-28-65-26-12-14-36-74(65)87)89-48-24-44-82-80-42-23-41-77(94(80)100-95(82)89)68-54-57-73(58-55-68)102(70-30-6-2-7-31-70,71-32-8-3-9-33-71)72-34-10-4-11-35-72/h2-4,6-17,20-59,62-63H,5,18-19,60-61H2,1H3. The molecule has 2 heterocycles. The van der Waals surface area contributed by atoms with E-state index in [1.54, 1.807) is 0 Å². The van der Waals surface area contributed by atoms with E-state index < -0.39 is 8.07 Å². The second kappa shape index (κ2) is 24.0. The summed E-state index contributed by atoms with van der Waals surface area (Å²) in [5.74, 6) is 0. The third-order valence-electron chi connectivity index (χ3n) is 22.6. The van der Waals surface area contributed by atoms with Crippen LogP contribution in [0.25, 0.3) is 110 Å². The van der Waals surface area contributed by atoms with Crippen molar-refractivity contribution >= 4 is 139 Å². The van der Waals surface area contributed by atoms with Crippen LogP contribution in [0.1, 0.15) is 48.8 Å². The van der Waals surface area contributed by atoms with E-state index in [4.69, 9.17) is 8.83 Å². The van der Waals surface area contributed by atoms with Crippen LogP contribution in [0.2, 0.25) is 0 Å². The normalized spacial score (nSPS) is 13.4. The highest BCUT2D eigenvalue weighted by atomic mass is 28.3. The highest BCUT2D eigenvalue weighted by Gasteiger charge is 2.46. The Hall–Kier alpha value is -12.3. The number of aryl methyl sites for hydroxylation is 1. The maximum absolute atomic E-state index is 7.58. The molecule has 0 N–H and O–H groups in total. The Labute approximate surface area is 594 Å². The molecular weight excluding hydrogens is 1250 g/mol. The van der Waals surface area contributed by atoms with Crippen LogP contribution in [-0.4, -0.2) is 8.07 Å². The molecule has 5 heteroatoms. The minimum Gasteiger partial charge on any atom is -0.453 e. The zero-order valence-electron chi connectivity index (χ0n) is 56.7. The fourth-order valence-corrected chi connectivity index (χ4v) is 22.8. The average Bonchev–Trinajstić information content (AvgIpc) is 1.51. The van der Waals surface area contributed by atoms with Crippen LogP contribution in [0.15, 0.2) is 355 Å². The van der Waals surface area contributed by atoms with Gasteiger partial charge in [-0.25, -0.2) is 0 Å². The largest absolute Gasteiger partial charge is 0.453 e. The Morgan fingerprint density at radius 1 is 0.284 bits per heavy atom. The summed E-state index contributed by atoms with van der Waals surface area (Å²) in [6, 6.07) is 129. The van der Waals surface area contributed by atoms with Crippen molar-refractivity contribution in [2.75, 3.05) is 9.80 Å². The molecule has 1 fully saturated rings. The lowest BCUT2D eigenvalue weighted by molar-refractivity contribution is 0.353. The van der Waals surface area contributed by atoms with E-state index in [9.17, 15) is 0 Å². The molecule has 16 aromatic carbocycles. The molecule has 0 radical (unpaired) electrons. The first kappa shape index (κ1) is 59.7. The Kier molecular flexibility index (Phi) is 14.0. The van der Waals surface area contributed by atoms with Crippen molar-refractivity contribution in [3.8, 4) is 33.4 Å². The summed E-state index contributed by atoms with van der Waals surface area (Å²) in [6.45, 7) is 2.14. The SMILES string of the molecule is Cc1ccc(-c2cccc3c2oc2c(N(c4cccc5ccccc45)c4cc5c(c6ccccc46)-c4ccc(N(c6cccc7ccccc67)c6cccc7c6oc6c(-c8ccc([Si](c9ccccc9)(c9ccccc9)c9ccccc9)cc8)cccc67)cc4C54CCCCC4)cccc23)cc1. The van der Waals surface area contributed by atoms with E-state index in [-0.39, 0.29) is 5.41 Å². The van der Waals surface area contributed by atoms with Gasteiger partial charge < -0.3 is 18.6 Å². The fraction of sp³-hybridized carbons (Fsp3) is 0.0722. The second-order valence-electron chi connectivity index (χ2n) is 28.1. The predicted octanol–water partition coefficient (Wildman–Crippen LogP) is 24.1. The average molecular weight is 1320 g/mol. The molecule has 0 amide bonds. The maximum atomic E-state index is 7.58. The van der Waals surface area contributed by atoms with Gasteiger partial charge in [-0.3, -0.25) is 0 Å². The summed E-state index contributed by atoms with van der Waals surface area (Å²) < 4.78 is 15.0. The van der Waals surface area contributed by atoms with E-state index in [0.717, 1.165) is 126 Å². The first-order valence-electron chi connectivity index (χ1n) is 36.0. The molecule has 0 unspecified atom stereocenters. The number of hydrogen-bond acceptors (Lipinski definition) is 4. The molecule has 20 rings (SSSR count). The third kappa shape index (κ3) is 9.20. The number of hydrogen-bond donors (Lipinski definition) is 0. The van der Waals surface area contributed by atoms with Gasteiger partial charge in [0.05, 0.1) is 28.4 Å². The van der Waals surface area contributed by atoms with Crippen LogP contribution < -0.4 is 30.5 Å². The van der Waals surface area contributed by atoms with Crippen molar-refractivity contribution in [2.45, 2.75) is 44.4 Å². The maximum Gasteiger partial charge on any atom is 0.179 e. The van der Waals surface area contributed by atoms with Crippen molar-refractivity contribution in [1.29, 1.82) is 0 Å². The molecule has 484 valence electrons. The van der Waals surface area contributed by atoms with Gasteiger partial charge in [0.25, 0.3) is 0 Å². The van der Waals surface area contributed by atoms with Crippen molar-refractivity contribution in [1.82, 2.24) is 0 Å². The van der Waals surface area contributed by atoms with E-state index in [1.807, 2.05) is 0 Å². The van der Waals surface area contributed by atoms with Gasteiger partial charge in [-0.05, 0) is 133 Å². The lowest BCUT2D eigenvalue weighted by atomic mass is 9.67. The summed E-state index contributed by atoms with van der Waals surface area (Å²) in [6.07, 6.45) is 5.54. The molecular formula is C97H70N2O2Si. The quantitative estimate of drug-likeness (QED) is 0.0901. The van der Waals surface area contributed by atoms with E-state index in [1.165, 1.54) is 87.3 Å². The Morgan fingerprint density at radius 3 is 1.25 bits per heavy atom. The monoisotopic (exact) mass is 1320 g/mol. The lowest BCUT2D eigenvalue weighted by Gasteiger charge is -2.37. The van der Waals surface area contributed by atoms with E-state index in [2.05, 4.69) is 363 Å². The van der Waals surface area contributed by atoms with Crippen LogP contribution in [0.5, 0.6) is 0 Å². The molecule has 0 aliphatic heterocycles. The third-order valence-corrected chi connectivity index (χ3v) is 27.4. The molecule has 0 atom stereocenters. The highest BCUT2D eigenvalue weighted by molar-refractivity contribution is 7.19. The minimum absolute atomic E-state index is 0.290. The van der Waals surface area contributed by atoms with Crippen molar-refractivity contribution < 1.29 is 8.83 Å². The van der Waals surface area contributed by atoms with Gasteiger partial charge in [0.1, 0.15) is 11.2 Å². The topological polar surface area (TPSA) is 32.8 Å². The van der Waals surface area contributed by atoms with Gasteiger partial charge in [-0.15, -0.1) is 0 Å². The number of benzene rings is 16. The Balaban J connectivity index is 0.768. The smallest absolute Gasteiger partial charge is 0.179 e. The molecule has 2 aliphatic rings. The number of rotatable bonds is 12. The predicted molar refractivity (Wildman–Crippen MR) is 431 cm³/mol. The van der Waals surface area contributed by atoms with Crippen molar-refractivity contribution in [3.05, 3.63) is 362 Å². The summed E-state index contributed by atoms with van der Waals surface area (Å²) in [5, 5.41) is 16.9. The number of nitrogens with zero attached hydrogens (tertiary/aromatic N) is 2. The molecule has 0 bridgehead atoms. The first-order valence-corrected chi connectivity index (χ1v) is 38.0. The summed E-state index contributed by atoms with van der Waals surface area (Å²) in [7, 11) is -2.76. The van der Waals surface area contributed by atoms with Gasteiger partial charge >= 0.3 is 0 Å². The van der Waals surface area contributed by atoms with Crippen LogP contribution >= 0.6 is 0 Å². The van der Waals surface area contributed by atoms with Gasteiger partial charge in [0, 0.05) is 59.9 Å². The van der Waals surface area contributed by atoms with Gasteiger partial charge in [-0.1, -0.05) is 328 Å². The van der Waals surface area contributed by atoms with E-state index in [0.29, 0.717) is 0 Å². The summed E-state index contributed by atoms with van der Waals surface area (Å²) >= 11 is 0. The Morgan fingerprint density at radius 2 is 0.696 bits per heavy atom. The Bertz CT molecular complexity index is 6200. The minimum atomic E-state index is -2.76. The number of furan rings is 2. The van der Waals surface area contributed by atoms with Crippen LogP contribution in [0, 0.1) is 6.92 Å². The molecule has 1 spiro atoms. The summed E-state index contributed by atoms with van der Waals surface area (Å²) in [5.41, 5.74) is 20.7. The lowest BCUT2D eigenvalue weighted by Crippen LogP contribution is -2.74.